The molecule has 10 rings (SSSR count). The van der Waals surface area contributed by atoms with Gasteiger partial charge in [0.15, 0.2) is 0 Å². The van der Waals surface area contributed by atoms with E-state index in [9.17, 15) is 0 Å². The second kappa shape index (κ2) is 59.3. The molecule has 0 amide bonds. The van der Waals surface area contributed by atoms with Gasteiger partial charge >= 0.3 is 0 Å². The Labute approximate surface area is 526 Å². The van der Waals surface area contributed by atoms with Gasteiger partial charge in [-0.25, -0.2) is 0 Å². The van der Waals surface area contributed by atoms with Crippen molar-refractivity contribution in [3.05, 3.63) is 349 Å². The highest BCUT2D eigenvalue weighted by atomic mass is 14.0. The molecule has 0 spiro atoms. The van der Waals surface area contributed by atoms with E-state index in [2.05, 4.69) is 279 Å². The smallest absolute Gasteiger partial charge is 0.0136 e. The molecule has 0 aromatic heterocycles. The van der Waals surface area contributed by atoms with Crippen LogP contribution in [0.2, 0.25) is 0 Å². The van der Waals surface area contributed by atoms with Crippen molar-refractivity contribution in [1.82, 2.24) is 0 Å². The molecule has 0 heterocycles. The fourth-order valence-electron chi connectivity index (χ4n) is 7.42. The molecule has 0 radical (unpaired) electrons. The summed E-state index contributed by atoms with van der Waals surface area (Å²) in [7, 11) is 0. The predicted molar refractivity (Wildman–Crippen MR) is 400 cm³/mol. The summed E-state index contributed by atoms with van der Waals surface area (Å²) in [6.07, 6.45) is 50.8. The molecule has 0 bridgehead atoms. The highest BCUT2D eigenvalue weighted by Gasteiger charge is 1.97. The van der Waals surface area contributed by atoms with Crippen LogP contribution in [-0.2, 0) is 0 Å². The Morgan fingerprint density at radius 2 is 0.407 bits per heavy atom. The van der Waals surface area contributed by atoms with Crippen LogP contribution in [-0.4, -0.2) is 0 Å². The van der Waals surface area contributed by atoms with E-state index in [4.69, 9.17) is 0 Å². The molecule has 452 valence electrons. The maximum atomic E-state index is 2.22. The fourth-order valence-corrected chi connectivity index (χ4v) is 7.42. The highest BCUT2D eigenvalue weighted by Crippen LogP contribution is 2.19. The molecule has 2 aliphatic carbocycles. The van der Waals surface area contributed by atoms with Gasteiger partial charge in [0, 0.05) is 11.8 Å². The Morgan fingerprint density at radius 3 is 0.663 bits per heavy atom. The molecule has 86 heavy (non-hydrogen) atoms. The lowest BCUT2D eigenvalue weighted by Gasteiger charge is -1.98. The summed E-state index contributed by atoms with van der Waals surface area (Å²) < 4.78 is 0. The van der Waals surface area contributed by atoms with Crippen molar-refractivity contribution in [3.63, 3.8) is 0 Å². The van der Waals surface area contributed by atoms with Gasteiger partial charge in [-0.1, -0.05) is 451 Å². The highest BCUT2D eigenvalue weighted by molar-refractivity contribution is 5.85. The van der Waals surface area contributed by atoms with Crippen molar-refractivity contribution in [2.45, 2.75) is 111 Å². The van der Waals surface area contributed by atoms with Crippen LogP contribution in [0, 0.1) is 11.8 Å². The number of allylic oxidation sites excluding steroid dienone is 18. The Hall–Kier alpha value is -8.84. The lowest BCUT2D eigenvalue weighted by atomic mass is 10.1. The summed E-state index contributed by atoms with van der Waals surface area (Å²) in [5.41, 5.74) is 7.36. The Morgan fingerprint density at radius 1 is 0.198 bits per heavy atom. The van der Waals surface area contributed by atoms with Crippen molar-refractivity contribution in [2.75, 3.05) is 0 Å². The second-order valence-electron chi connectivity index (χ2n) is 16.5. The minimum absolute atomic E-state index is 0.459. The van der Waals surface area contributed by atoms with E-state index in [0.717, 1.165) is 0 Å². The van der Waals surface area contributed by atoms with Crippen molar-refractivity contribution in [1.29, 1.82) is 0 Å². The number of hydrogen-bond donors (Lipinski definition) is 0. The largest absolute Gasteiger partial charge is 0.0738 e. The van der Waals surface area contributed by atoms with Crippen LogP contribution in [0.3, 0.4) is 0 Å². The average Bonchev–Trinajstić information content (AvgIpc) is 4.38. The molecule has 0 fully saturated rings. The lowest BCUT2D eigenvalue weighted by molar-refractivity contribution is 1.09. The molecular formula is C86H108. The Balaban J connectivity index is 0. The van der Waals surface area contributed by atoms with E-state index < -0.39 is 0 Å². The maximum Gasteiger partial charge on any atom is 0.0136 e. The van der Waals surface area contributed by atoms with E-state index in [0.29, 0.717) is 11.8 Å². The molecule has 0 saturated heterocycles. The maximum absolute atomic E-state index is 2.22. The molecule has 0 atom stereocenters. The first-order valence-electron chi connectivity index (χ1n) is 32.0. The van der Waals surface area contributed by atoms with Gasteiger partial charge in [0.1, 0.15) is 0 Å². The van der Waals surface area contributed by atoms with E-state index in [1.807, 2.05) is 184 Å². The molecule has 2 aliphatic rings. The van der Waals surface area contributed by atoms with E-state index in [1.54, 1.807) is 0 Å². The van der Waals surface area contributed by atoms with Crippen molar-refractivity contribution < 1.29 is 0 Å². The van der Waals surface area contributed by atoms with Gasteiger partial charge in [0.05, 0.1) is 0 Å². The van der Waals surface area contributed by atoms with Crippen LogP contribution in [0.5, 0.6) is 0 Å². The van der Waals surface area contributed by atoms with E-state index >= 15 is 0 Å². The zero-order chi connectivity index (χ0) is 63.9. The van der Waals surface area contributed by atoms with Crippen LogP contribution >= 0.6 is 0 Å². The van der Waals surface area contributed by atoms with Gasteiger partial charge in [-0.15, -0.1) is 0 Å². The Kier molecular flexibility index (Phi) is 54.7. The third-order valence-corrected chi connectivity index (χ3v) is 11.1. The molecule has 8 aromatic rings. The monoisotopic (exact) mass is 1140 g/mol. The number of fused-ring (bicyclic) bond motifs is 2. The van der Waals surface area contributed by atoms with Gasteiger partial charge in [-0.2, -0.15) is 0 Å². The summed E-state index contributed by atoms with van der Waals surface area (Å²) >= 11 is 0. The van der Waals surface area contributed by atoms with Crippen molar-refractivity contribution in [2.24, 2.45) is 11.8 Å². The zero-order valence-corrected chi connectivity index (χ0v) is 55.6. The molecule has 0 aliphatic heterocycles. The van der Waals surface area contributed by atoms with E-state index in [-0.39, 0.29) is 0 Å². The molecule has 0 N–H and O–H groups in total. The van der Waals surface area contributed by atoms with Crippen LogP contribution < -0.4 is 0 Å². The first kappa shape index (κ1) is 79.2. The normalized spacial score (nSPS) is 11.5. The third kappa shape index (κ3) is 37.4. The first-order valence-corrected chi connectivity index (χ1v) is 32.0. The van der Waals surface area contributed by atoms with Gasteiger partial charge in [-0.3, -0.25) is 0 Å². The lowest BCUT2D eigenvalue weighted by Crippen LogP contribution is -1.79. The SMILES string of the molecule is C(/C=C/c1ccc2ccccc2c1)=C\c1ccccc1.C(/C=C/c1ccccc1)=C\c1ccccc1.C1=CC(/C=C/C=C/c2ccc3ccccc3c2)C=C1.C1=CC(/C=C/C=C/c2ccccc2)C=C1.CC.CC.CC.CC.CC.CC.CC.CC. The minimum atomic E-state index is 0.459. The molecule has 8 aromatic carbocycles. The molecule has 0 unspecified atom stereocenters. The molecule has 0 heteroatoms. The number of benzene rings is 8. The molecule has 0 saturated carbocycles. The van der Waals surface area contributed by atoms with E-state index in [1.165, 1.54) is 54.9 Å². The van der Waals surface area contributed by atoms with Gasteiger partial charge in [0.2, 0.25) is 0 Å². The van der Waals surface area contributed by atoms with Crippen LogP contribution in [0.15, 0.2) is 316 Å². The fraction of sp³-hybridized carbons (Fsp3) is 0.209. The van der Waals surface area contributed by atoms with Crippen LogP contribution in [0.1, 0.15) is 144 Å². The standard InChI is InChI=1S/C20H16.C19H16.C16H14.C15H14.8C2H6/c1-2-8-17(9-3-1)10-4-5-11-18-14-15-19-12-6-7-13-20(19)16-18;1-2-8-16(7-1)9-3-4-10-17-13-14-18-11-5-6-12-19(18)15-17;1-3-9-15(10-4-1)13-7-8-14-16-11-5-2-6-12-16;1-2-8-14(9-3-1)10-4-5-11-15-12-6-7-13-15;8*1-2/h1-16H;1-16H;1-14H;1-13,15H;8*1-2H3/b10-4+,11-5+;9-3+,10-4+;13-7+,14-8+;10-4+,11-5+;;;;;;;;. The summed E-state index contributed by atoms with van der Waals surface area (Å²) in [5, 5.41) is 5.14. The van der Waals surface area contributed by atoms with Crippen LogP contribution in [0.25, 0.3) is 58.0 Å². The molecule has 0 nitrogen and oxygen atoms in total. The van der Waals surface area contributed by atoms with Gasteiger partial charge in [0.25, 0.3) is 0 Å². The van der Waals surface area contributed by atoms with Gasteiger partial charge < -0.3 is 0 Å². The topological polar surface area (TPSA) is 0 Å². The van der Waals surface area contributed by atoms with Crippen molar-refractivity contribution in [3.8, 4) is 0 Å². The molecular weight excluding hydrogens is 1030 g/mol. The third-order valence-electron chi connectivity index (χ3n) is 11.1. The predicted octanol–water partition coefficient (Wildman–Crippen LogP) is 27.3. The summed E-state index contributed by atoms with van der Waals surface area (Å²) in [6, 6.07) is 71.1. The average molecular weight is 1140 g/mol. The van der Waals surface area contributed by atoms with Crippen LogP contribution in [0.4, 0.5) is 0 Å². The second-order valence-corrected chi connectivity index (χ2v) is 16.5. The van der Waals surface area contributed by atoms with Crippen molar-refractivity contribution >= 4 is 58.0 Å². The first-order chi connectivity index (χ1) is 42.7. The quantitative estimate of drug-likeness (QED) is 0.107. The minimum Gasteiger partial charge on any atom is -0.0738 e. The number of hydrogen-bond acceptors (Lipinski definition) is 0. The number of rotatable bonds is 12. The summed E-state index contributed by atoms with van der Waals surface area (Å²) in [5.74, 6) is 0.937. The Bertz CT molecular complexity index is 3090. The zero-order valence-electron chi connectivity index (χ0n) is 55.6. The summed E-state index contributed by atoms with van der Waals surface area (Å²) in [6.45, 7) is 32.0. The van der Waals surface area contributed by atoms with Gasteiger partial charge in [-0.05, 0) is 67.1 Å². The summed E-state index contributed by atoms with van der Waals surface area (Å²) in [4.78, 5) is 0.